The zero-order valence-corrected chi connectivity index (χ0v) is 16.3. The summed E-state index contributed by atoms with van der Waals surface area (Å²) in [5.41, 5.74) is 1.26. The molecule has 0 atom stereocenters. The van der Waals surface area contributed by atoms with Gasteiger partial charge in [0.15, 0.2) is 16.7 Å². The third-order valence-corrected chi connectivity index (χ3v) is 4.69. The molecule has 1 aliphatic rings. The summed E-state index contributed by atoms with van der Waals surface area (Å²) in [7, 11) is 3.09. The molecule has 0 bridgehead atoms. The van der Waals surface area contributed by atoms with Gasteiger partial charge in [0, 0.05) is 17.7 Å². The number of carbonyl (C=O) groups is 1. The van der Waals surface area contributed by atoms with E-state index in [1.807, 2.05) is 0 Å². The number of ether oxygens (including phenoxy) is 2. The molecule has 0 radical (unpaired) electrons. The highest BCUT2D eigenvalue weighted by atomic mass is 32.2. The number of amidine groups is 1. The Kier molecular flexibility index (Phi) is 6.25. The molecular formula is C19H16N4O5S. The minimum Gasteiger partial charge on any atom is -0.493 e. The van der Waals surface area contributed by atoms with Gasteiger partial charge >= 0.3 is 0 Å². The fourth-order valence-electron chi connectivity index (χ4n) is 2.44. The average Bonchev–Trinajstić information content (AvgIpc) is 3.07. The summed E-state index contributed by atoms with van der Waals surface area (Å²) < 4.78 is 10.5. The van der Waals surface area contributed by atoms with Crippen LogP contribution in [-0.2, 0) is 4.79 Å². The normalized spacial score (nSPS) is 16.4. The number of nitro groups is 1. The molecule has 1 aliphatic heterocycles. The molecule has 1 heterocycles. The van der Waals surface area contributed by atoms with E-state index in [-0.39, 0.29) is 11.6 Å². The molecule has 3 rings (SSSR count). The first-order valence-electron chi connectivity index (χ1n) is 8.28. The molecule has 0 aromatic heterocycles. The van der Waals surface area contributed by atoms with Gasteiger partial charge in [-0.1, -0.05) is 18.2 Å². The van der Waals surface area contributed by atoms with Gasteiger partial charge in [-0.05, 0) is 35.5 Å². The van der Waals surface area contributed by atoms with Gasteiger partial charge in [0.05, 0.1) is 30.3 Å². The Labute approximate surface area is 170 Å². The first kappa shape index (κ1) is 20.1. The molecule has 1 fully saturated rings. The quantitative estimate of drug-likeness (QED) is 0.337. The monoisotopic (exact) mass is 412 g/mol. The van der Waals surface area contributed by atoms with Crippen molar-refractivity contribution in [3.05, 3.63) is 68.6 Å². The third-order valence-electron chi connectivity index (χ3n) is 3.79. The van der Waals surface area contributed by atoms with Crippen molar-refractivity contribution >= 4 is 40.8 Å². The van der Waals surface area contributed by atoms with Crippen LogP contribution in [0, 0.1) is 10.1 Å². The molecule has 0 unspecified atom stereocenters. The number of nitro benzene ring substituents is 1. The van der Waals surface area contributed by atoms with Crippen LogP contribution in [0.5, 0.6) is 11.5 Å². The van der Waals surface area contributed by atoms with Crippen LogP contribution in [0.3, 0.4) is 0 Å². The second-order valence-corrected chi connectivity index (χ2v) is 6.71. The Morgan fingerprint density at radius 3 is 2.62 bits per heavy atom. The lowest BCUT2D eigenvalue weighted by atomic mass is 10.2. The van der Waals surface area contributed by atoms with Crippen LogP contribution in [0.2, 0.25) is 0 Å². The standard InChI is InChI=1S/C19H16N4O5S/c1-27-15-7-6-12(9-16(15)28-2)10-17-18(24)21-19(29-17)22-20-11-13-4-3-5-14(8-13)23(25)26/h3-11H,1-2H3,(H,21,22,24)/b17-10+,20-11-. The van der Waals surface area contributed by atoms with Crippen molar-refractivity contribution in [2.75, 3.05) is 14.2 Å². The molecule has 9 nitrogen and oxygen atoms in total. The summed E-state index contributed by atoms with van der Waals surface area (Å²) in [6.45, 7) is 0. The van der Waals surface area contributed by atoms with Crippen molar-refractivity contribution in [3.8, 4) is 11.5 Å². The zero-order valence-electron chi connectivity index (χ0n) is 15.5. The van der Waals surface area contributed by atoms with Gasteiger partial charge < -0.3 is 9.47 Å². The lowest BCUT2D eigenvalue weighted by molar-refractivity contribution is -0.384. The SMILES string of the molecule is COc1ccc(/C=C2/S/C(=N/N=C\c3cccc([N+](=O)[O-])c3)NC2=O)cc1OC. The summed E-state index contributed by atoms with van der Waals surface area (Å²) in [6, 6.07) is 11.3. The summed E-state index contributed by atoms with van der Waals surface area (Å²) in [5, 5.41) is 21.6. The molecule has 2 aromatic rings. The van der Waals surface area contributed by atoms with E-state index < -0.39 is 4.92 Å². The highest BCUT2D eigenvalue weighted by Crippen LogP contribution is 2.31. The van der Waals surface area contributed by atoms with Crippen LogP contribution in [0.25, 0.3) is 6.08 Å². The summed E-state index contributed by atoms with van der Waals surface area (Å²) in [4.78, 5) is 22.9. The number of thioether (sulfide) groups is 1. The number of carbonyl (C=O) groups excluding carboxylic acids is 1. The number of rotatable bonds is 6. The molecule has 0 aliphatic carbocycles. The molecule has 1 N–H and O–H groups in total. The van der Waals surface area contributed by atoms with Crippen molar-refractivity contribution in [3.63, 3.8) is 0 Å². The van der Waals surface area contributed by atoms with Crippen LogP contribution in [0.15, 0.2) is 57.6 Å². The van der Waals surface area contributed by atoms with E-state index in [0.717, 1.165) is 17.3 Å². The molecule has 1 amide bonds. The molecule has 2 aromatic carbocycles. The number of methoxy groups -OCH3 is 2. The van der Waals surface area contributed by atoms with E-state index in [1.54, 1.807) is 43.5 Å². The second kappa shape index (κ2) is 9.02. The first-order valence-corrected chi connectivity index (χ1v) is 9.10. The largest absolute Gasteiger partial charge is 0.493 e. The number of nitrogens with zero attached hydrogens (tertiary/aromatic N) is 3. The lowest BCUT2D eigenvalue weighted by Gasteiger charge is -2.07. The molecule has 29 heavy (non-hydrogen) atoms. The Morgan fingerprint density at radius 2 is 1.90 bits per heavy atom. The van der Waals surface area contributed by atoms with Crippen LogP contribution >= 0.6 is 11.8 Å². The summed E-state index contributed by atoms with van der Waals surface area (Å²) in [5.74, 6) is 0.852. The third kappa shape index (κ3) is 4.99. The Hall–Kier alpha value is -3.66. The van der Waals surface area contributed by atoms with E-state index in [0.29, 0.717) is 27.1 Å². The van der Waals surface area contributed by atoms with E-state index in [4.69, 9.17) is 9.47 Å². The number of hydrogen-bond acceptors (Lipinski definition) is 8. The highest BCUT2D eigenvalue weighted by Gasteiger charge is 2.24. The zero-order chi connectivity index (χ0) is 20.8. The molecular weight excluding hydrogens is 396 g/mol. The van der Waals surface area contributed by atoms with Crippen molar-refractivity contribution in [1.29, 1.82) is 0 Å². The molecule has 10 heteroatoms. The van der Waals surface area contributed by atoms with Crippen molar-refractivity contribution in [2.24, 2.45) is 10.2 Å². The number of benzene rings is 2. The van der Waals surface area contributed by atoms with Gasteiger partial charge in [0.1, 0.15) is 0 Å². The van der Waals surface area contributed by atoms with Gasteiger partial charge in [-0.15, -0.1) is 5.10 Å². The molecule has 0 spiro atoms. The second-order valence-electron chi connectivity index (χ2n) is 5.68. The Balaban J connectivity index is 1.73. The number of amides is 1. The maximum atomic E-state index is 12.2. The predicted molar refractivity (Wildman–Crippen MR) is 111 cm³/mol. The topological polar surface area (TPSA) is 115 Å². The first-order chi connectivity index (χ1) is 14.0. The van der Waals surface area contributed by atoms with E-state index >= 15 is 0 Å². The van der Waals surface area contributed by atoms with Crippen molar-refractivity contribution in [2.45, 2.75) is 0 Å². The van der Waals surface area contributed by atoms with Gasteiger partial charge in [0.25, 0.3) is 11.6 Å². The van der Waals surface area contributed by atoms with Gasteiger partial charge in [-0.3, -0.25) is 20.2 Å². The Bertz CT molecular complexity index is 1050. The minimum atomic E-state index is -0.485. The number of hydrogen-bond donors (Lipinski definition) is 1. The highest BCUT2D eigenvalue weighted by molar-refractivity contribution is 8.18. The van der Waals surface area contributed by atoms with Crippen LogP contribution < -0.4 is 14.8 Å². The number of nitrogens with one attached hydrogen (secondary N) is 1. The maximum Gasteiger partial charge on any atom is 0.270 e. The fraction of sp³-hybridized carbons (Fsp3) is 0.105. The summed E-state index contributed by atoms with van der Waals surface area (Å²) >= 11 is 1.14. The summed E-state index contributed by atoms with van der Waals surface area (Å²) in [6.07, 6.45) is 3.08. The van der Waals surface area contributed by atoms with Crippen molar-refractivity contribution < 1.29 is 19.2 Å². The average molecular weight is 412 g/mol. The molecule has 1 saturated heterocycles. The number of non-ortho nitro benzene ring substituents is 1. The predicted octanol–water partition coefficient (Wildman–Crippen LogP) is 3.21. The van der Waals surface area contributed by atoms with Crippen molar-refractivity contribution in [1.82, 2.24) is 5.32 Å². The Morgan fingerprint density at radius 1 is 1.10 bits per heavy atom. The fourth-order valence-corrected chi connectivity index (χ4v) is 3.21. The van der Waals surface area contributed by atoms with Crippen LogP contribution in [-0.4, -0.2) is 36.4 Å². The smallest absolute Gasteiger partial charge is 0.270 e. The van der Waals surface area contributed by atoms with Crippen LogP contribution in [0.4, 0.5) is 5.69 Å². The molecule has 0 saturated carbocycles. The van der Waals surface area contributed by atoms with Gasteiger partial charge in [-0.25, -0.2) is 0 Å². The van der Waals surface area contributed by atoms with E-state index in [2.05, 4.69) is 15.5 Å². The lowest BCUT2D eigenvalue weighted by Crippen LogP contribution is -2.19. The maximum absolute atomic E-state index is 12.2. The van der Waals surface area contributed by atoms with Gasteiger partial charge in [-0.2, -0.15) is 5.10 Å². The van der Waals surface area contributed by atoms with E-state index in [9.17, 15) is 14.9 Å². The molecule has 148 valence electrons. The van der Waals surface area contributed by atoms with Crippen LogP contribution in [0.1, 0.15) is 11.1 Å². The van der Waals surface area contributed by atoms with E-state index in [1.165, 1.54) is 25.5 Å². The van der Waals surface area contributed by atoms with Gasteiger partial charge in [0.2, 0.25) is 0 Å². The minimum absolute atomic E-state index is 0.0368.